The van der Waals surface area contributed by atoms with Crippen molar-refractivity contribution < 1.29 is 27.5 Å². The summed E-state index contributed by atoms with van der Waals surface area (Å²) in [6.07, 6.45) is 0. The number of hydrogen-bond acceptors (Lipinski definition) is 6. The van der Waals surface area contributed by atoms with Crippen LogP contribution >= 0.6 is 11.6 Å². The van der Waals surface area contributed by atoms with Crippen LogP contribution in [0.15, 0.2) is 29.2 Å². The van der Waals surface area contributed by atoms with E-state index in [-0.39, 0.29) is 34.4 Å². The van der Waals surface area contributed by atoms with Gasteiger partial charge in [-0.3, -0.25) is 4.79 Å². The van der Waals surface area contributed by atoms with Gasteiger partial charge in [0.2, 0.25) is 15.8 Å². The van der Waals surface area contributed by atoms with Crippen LogP contribution in [0, 0.1) is 27.7 Å². The molecule has 0 bridgehead atoms. The Kier molecular flexibility index (Phi) is 7.39. The van der Waals surface area contributed by atoms with Crippen molar-refractivity contribution in [3.63, 3.8) is 0 Å². The zero-order valence-corrected chi connectivity index (χ0v) is 20.1. The average molecular weight is 480 g/mol. The molecule has 9 heteroatoms. The number of sulfonamides is 1. The van der Waals surface area contributed by atoms with Crippen LogP contribution in [0.5, 0.6) is 0 Å². The summed E-state index contributed by atoms with van der Waals surface area (Å²) < 4.78 is 37.4. The highest BCUT2D eigenvalue weighted by Gasteiger charge is 2.28. The van der Waals surface area contributed by atoms with E-state index in [1.807, 2.05) is 27.7 Å². The number of rotatable bonds is 6. The van der Waals surface area contributed by atoms with Gasteiger partial charge in [0.1, 0.15) is 0 Å². The summed E-state index contributed by atoms with van der Waals surface area (Å²) >= 11 is 6.13. The lowest BCUT2D eigenvalue weighted by atomic mass is 9.93. The normalized spacial score (nSPS) is 14.9. The monoisotopic (exact) mass is 479 g/mol. The molecule has 172 valence electrons. The number of aryl methyl sites for hydroxylation is 1. The van der Waals surface area contributed by atoms with Crippen LogP contribution in [0.1, 0.15) is 43.0 Å². The van der Waals surface area contributed by atoms with Gasteiger partial charge in [0.15, 0.2) is 6.61 Å². The Morgan fingerprint density at radius 1 is 1.00 bits per heavy atom. The van der Waals surface area contributed by atoms with Gasteiger partial charge in [0, 0.05) is 18.7 Å². The number of carbonyl (C=O) groups is 2. The van der Waals surface area contributed by atoms with E-state index in [0.717, 1.165) is 22.3 Å². The summed E-state index contributed by atoms with van der Waals surface area (Å²) in [5.41, 5.74) is 4.33. The molecule has 1 aliphatic rings. The van der Waals surface area contributed by atoms with Crippen LogP contribution in [-0.2, 0) is 19.5 Å². The number of morpholine rings is 1. The van der Waals surface area contributed by atoms with Gasteiger partial charge in [-0.05, 0) is 74.2 Å². The first kappa shape index (κ1) is 24.4. The Morgan fingerprint density at radius 2 is 1.66 bits per heavy atom. The summed E-state index contributed by atoms with van der Waals surface area (Å²) in [6, 6.07) is 5.65. The first-order valence-corrected chi connectivity index (χ1v) is 12.0. The molecule has 0 amide bonds. The minimum absolute atomic E-state index is 0.0431. The largest absolute Gasteiger partial charge is 0.454 e. The third kappa shape index (κ3) is 4.88. The van der Waals surface area contributed by atoms with E-state index in [1.54, 1.807) is 6.07 Å². The molecule has 2 aromatic carbocycles. The maximum Gasteiger partial charge on any atom is 0.340 e. The fourth-order valence-electron chi connectivity index (χ4n) is 3.55. The van der Waals surface area contributed by atoms with Crippen LogP contribution in [-0.4, -0.2) is 57.4 Å². The SMILES string of the molecule is Cc1cc(C(=O)COC(=O)c2cc(S(=O)(=O)N3CCOCC3)ccc2Cl)c(C)c(C)c1C. The van der Waals surface area contributed by atoms with Crippen molar-refractivity contribution in [3.8, 4) is 0 Å². The number of carbonyl (C=O) groups excluding carboxylic acids is 2. The van der Waals surface area contributed by atoms with Crippen molar-refractivity contribution in [2.45, 2.75) is 32.6 Å². The Labute approximate surface area is 193 Å². The first-order valence-electron chi connectivity index (χ1n) is 10.2. The van der Waals surface area contributed by atoms with E-state index in [9.17, 15) is 18.0 Å². The molecule has 0 aliphatic carbocycles. The second kappa shape index (κ2) is 9.70. The molecular formula is C23H26ClNO6S. The molecule has 0 aromatic heterocycles. The lowest BCUT2D eigenvalue weighted by Gasteiger charge is -2.26. The highest BCUT2D eigenvalue weighted by atomic mass is 35.5. The van der Waals surface area contributed by atoms with E-state index >= 15 is 0 Å². The molecule has 7 nitrogen and oxygen atoms in total. The van der Waals surface area contributed by atoms with Crippen LogP contribution in [0.3, 0.4) is 0 Å². The second-order valence-electron chi connectivity index (χ2n) is 7.77. The topological polar surface area (TPSA) is 90.0 Å². The molecule has 3 rings (SSSR count). The molecule has 1 aliphatic heterocycles. The van der Waals surface area contributed by atoms with Gasteiger partial charge in [0.25, 0.3) is 0 Å². The number of ether oxygens (including phenoxy) is 2. The van der Waals surface area contributed by atoms with Crippen molar-refractivity contribution >= 4 is 33.4 Å². The molecular weight excluding hydrogens is 454 g/mol. The molecule has 2 aromatic rings. The van der Waals surface area contributed by atoms with Gasteiger partial charge in [-0.2, -0.15) is 4.31 Å². The molecule has 32 heavy (non-hydrogen) atoms. The number of halogens is 1. The molecule has 1 fully saturated rings. The minimum atomic E-state index is -3.81. The smallest absolute Gasteiger partial charge is 0.340 e. The molecule has 1 heterocycles. The van der Waals surface area contributed by atoms with Crippen LogP contribution in [0.25, 0.3) is 0 Å². The fourth-order valence-corrected chi connectivity index (χ4v) is 5.17. The van der Waals surface area contributed by atoms with Crippen molar-refractivity contribution in [2.24, 2.45) is 0 Å². The van der Waals surface area contributed by atoms with E-state index in [0.29, 0.717) is 18.8 Å². The maximum atomic E-state index is 12.9. The van der Waals surface area contributed by atoms with Gasteiger partial charge >= 0.3 is 5.97 Å². The first-order chi connectivity index (χ1) is 15.0. The van der Waals surface area contributed by atoms with E-state index < -0.39 is 22.6 Å². The molecule has 0 radical (unpaired) electrons. The fraction of sp³-hybridized carbons (Fsp3) is 0.391. The third-order valence-corrected chi connectivity index (χ3v) is 8.11. The predicted octanol–water partition coefficient (Wildman–Crippen LogP) is 3.63. The van der Waals surface area contributed by atoms with E-state index in [1.165, 1.54) is 22.5 Å². The number of ketones is 1. The van der Waals surface area contributed by atoms with Gasteiger partial charge < -0.3 is 9.47 Å². The van der Waals surface area contributed by atoms with Crippen molar-refractivity contribution in [1.82, 2.24) is 4.31 Å². The van der Waals surface area contributed by atoms with Crippen molar-refractivity contribution in [2.75, 3.05) is 32.9 Å². The Balaban J connectivity index is 1.79. The van der Waals surface area contributed by atoms with Gasteiger partial charge in [-0.15, -0.1) is 0 Å². The summed E-state index contributed by atoms with van der Waals surface area (Å²) in [6.45, 7) is 8.31. The Hall–Kier alpha value is -2.26. The second-order valence-corrected chi connectivity index (χ2v) is 10.1. The molecule has 0 unspecified atom stereocenters. The number of esters is 1. The number of hydrogen-bond donors (Lipinski definition) is 0. The zero-order valence-electron chi connectivity index (χ0n) is 18.5. The summed E-state index contributed by atoms with van der Waals surface area (Å²) in [4.78, 5) is 25.3. The third-order valence-electron chi connectivity index (χ3n) is 5.88. The van der Waals surface area contributed by atoms with Crippen LogP contribution in [0.4, 0.5) is 0 Å². The van der Waals surface area contributed by atoms with Gasteiger partial charge in [0.05, 0.1) is 28.7 Å². The Morgan fingerprint density at radius 3 is 2.31 bits per heavy atom. The van der Waals surface area contributed by atoms with Gasteiger partial charge in [-0.25, -0.2) is 13.2 Å². The van der Waals surface area contributed by atoms with Gasteiger partial charge in [-0.1, -0.05) is 11.6 Å². The zero-order chi connectivity index (χ0) is 23.6. The lowest BCUT2D eigenvalue weighted by molar-refractivity contribution is 0.0474. The highest BCUT2D eigenvalue weighted by Crippen LogP contribution is 2.25. The number of benzene rings is 2. The summed E-state index contributed by atoms with van der Waals surface area (Å²) in [5, 5.41) is 0.0431. The molecule has 0 atom stereocenters. The molecule has 0 spiro atoms. The van der Waals surface area contributed by atoms with Crippen LogP contribution in [0.2, 0.25) is 5.02 Å². The van der Waals surface area contributed by atoms with E-state index in [2.05, 4.69) is 0 Å². The lowest BCUT2D eigenvalue weighted by Crippen LogP contribution is -2.40. The predicted molar refractivity (Wildman–Crippen MR) is 121 cm³/mol. The average Bonchev–Trinajstić information content (AvgIpc) is 2.79. The number of nitrogens with zero attached hydrogens (tertiary/aromatic N) is 1. The van der Waals surface area contributed by atoms with E-state index in [4.69, 9.17) is 21.1 Å². The highest BCUT2D eigenvalue weighted by molar-refractivity contribution is 7.89. The molecule has 0 N–H and O–H groups in total. The maximum absolute atomic E-state index is 12.9. The summed E-state index contributed by atoms with van der Waals surface area (Å²) in [7, 11) is -3.81. The molecule has 1 saturated heterocycles. The standard InChI is InChI=1S/C23H26ClNO6S/c1-14-11-19(17(4)16(3)15(14)2)22(26)13-31-23(27)20-12-18(5-6-21(20)24)32(28,29)25-7-9-30-10-8-25/h5-6,11-12H,7-10,13H2,1-4H3. The quantitative estimate of drug-likeness (QED) is 0.464. The minimum Gasteiger partial charge on any atom is -0.454 e. The van der Waals surface area contributed by atoms with Crippen molar-refractivity contribution in [1.29, 1.82) is 0 Å². The summed E-state index contributed by atoms with van der Waals surface area (Å²) in [5.74, 6) is -1.20. The van der Waals surface area contributed by atoms with Crippen molar-refractivity contribution in [3.05, 3.63) is 62.7 Å². The molecule has 0 saturated carbocycles. The number of Topliss-reactive ketones (excluding diaryl/α,β-unsaturated/α-hetero) is 1. The van der Waals surface area contributed by atoms with Crippen LogP contribution < -0.4 is 0 Å². The Bertz CT molecular complexity index is 1170.